The van der Waals surface area contributed by atoms with Crippen molar-refractivity contribution in [3.05, 3.63) is 65.9 Å². The molecule has 1 heterocycles. The van der Waals surface area contributed by atoms with Crippen LogP contribution in [0.2, 0.25) is 19.6 Å². The molecule has 0 spiro atoms. The summed E-state index contributed by atoms with van der Waals surface area (Å²) in [5.41, 5.74) is 1.12. The molecule has 0 radical (unpaired) electrons. The zero-order valence-corrected chi connectivity index (χ0v) is 18.8. The van der Waals surface area contributed by atoms with Crippen molar-refractivity contribution < 1.29 is 21.6 Å². The number of rotatable bonds is 5. The molecule has 0 bridgehead atoms. The van der Waals surface area contributed by atoms with Crippen molar-refractivity contribution in [2.24, 2.45) is 0 Å². The molecule has 2 aromatic carbocycles. The Hall–Kier alpha value is -2.43. The molecule has 0 fully saturated rings. The van der Waals surface area contributed by atoms with Crippen LogP contribution in [0.4, 0.5) is 13.2 Å². The standard InChI is InChI=1S/C20H22F3N3O2SSi/c1-14-5-7-15(8-6-14)18-13-19(20(21,22)23)24-26(18)16-9-11-17(12-10-16)29(27,28)25-30(2,3)4/h5-13,25H,1-4H3. The van der Waals surface area contributed by atoms with Crippen molar-refractivity contribution in [3.63, 3.8) is 0 Å². The van der Waals surface area contributed by atoms with Crippen LogP contribution in [0.15, 0.2) is 59.5 Å². The third-order valence-electron chi connectivity index (χ3n) is 4.18. The molecular weight excluding hydrogens is 431 g/mol. The van der Waals surface area contributed by atoms with Crippen molar-refractivity contribution in [2.45, 2.75) is 37.6 Å². The molecule has 3 rings (SSSR count). The predicted octanol–water partition coefficient (Wildman–Crippen LogP) is 4.98. The van der Waals surface area contributed by atoms with Crippen molar-refractivity contribution in [1.29, 1.82) is 0 Å². The highest BCUT2D eigenvalue weighted by atomic mass is 32.2. The quantitative estimate of drug-likeness (QED) is 0.554. The summed E-state index contributed by atoms with van der Waals surface area (Å²) in [6, 6.07) is 13.7. The summed E-state index contributed by atoms with van der Waals surface area (Å²) in [6.45, 7) is 7.45. The zero-order chi connectivity index (χ0) is 22.3. The van der Waals surface area contributed by atoms with Crippen LogP contribution < -0.4 is 4.39 Å². The highest BCUT2D eigenvalue weighted by Gasteiger charge is 2.35. The third kappa shape index (κ3) is 5.00. The summed E-state index contributed by atoms with van der Waals surface area (Å²) in [4.78, 5) is 0.0498. The average molecular weight is 454 g/mol. The molecule has 0 saturated heterocycles. The van der Waals surface area contributed by atoms with Crippen LogP contribution in [-0.2, 0) is 16.2 Å². The number of aromatic nitrogens is 2. The van der Waals surface area contributed by atoms with Crippen LogP contribution >= 0.6 is 0 Å². The third-order valence-corrected chi connectivity index (χ3v) is 8.60. The number of sulfonamides is 1. The van der Waals surface area contributed by atoms with E-state index in [-0.39, 0.29) is 10.6 Å². The van der Waals surface area contributed by atoms with E-state index in [2.05, 4.69) is 9.49 Å². The summed E-state index contributed by atoms with van der Waals surface area (Å²) in [5, 5.41) is 3.74. The molecule has 0 atom stereocenters. The fourth-order valence-electron chi connectivity index (χ4n) is 2.87. The molecule has 0 aliphatic rings. The summed E-state index contributed by atoms with van der Waals surface area (Å²) in [6.07, 6.45) is -4.60. The van der Waals surface area contributed by atoms with E-state index in [1.807, 2.05) is 26.6 Å². The highest BCUT2D eigenvalue weighted by molar-refractivity contribution is 7.91. The molecule has 0 aliphatic heterocycles. The van der Waals surface area contributed by atoms with Gasteiger partial charge >= 0.3 is 6.18 Å². The molecule has 160 valence electrons. The van der Waals surface area contributed by atoms with Gasteiger partial charge in [-0.1, -0.05) is 49.5 Å². The Morgan fingerprint density at radius 2 is 1.53 bits per heavy atom. The number of hydrogen-bond donors (Lipinski definition) is 1. The molecule has 5 nitrogen and oxygen atoms in total. The minimum absolute atomic E-state index is 0.0498. The Balaban J connectivity index is 2.07. The fourth-order valence-corrected chi connectivity index (χ4v) is 7.07. The second kappa shape index (κ2) is 7.68. The molecule has 1 aromatic heterocycles. The van der Waals surface area contributed by atoms with Gasteiger partial charge in [0, 0.05) is 5.56 Å². The second-order valence-corrected chi connectivity index (χ2v) is 14.8. The molecule has 30 heavy (non-hydrogen) atoms. The van der Waals surface area contributed by atoms with Crippen LogP contribution in [0.3, 0.4) is 0 Å². The van der Waals surface area contributed by atoms with Gasteiger partial charge in [0.15, 0.2) is 5.69 Å². The SMILES string of the molecule is Cc1ccc(-c2cc(C(F)(F)F)nn2-c2ccc(S(=O)(=O)N[Si](C)(C)C)cc2)cc1. The normalized spacial score (nSPS) is 12.9. The van der Waals surface area contributed by atoms with Crippen LogP contribution in [0.1, 0.15) is 11.3 Å². The van der Waals surface area contributed by atoms with Crippen LogP contribution in [0.5, 0.6) is 0 Å². The number of aryl methyl sites for hydroxylation is 1. The minimum Gasteiger partial charge on any atom is -0.234 e. The molecule has 0 saturated carbocycles. The Bertz CT molecular complexity index is 1150. The summed E-state index contributed by atoms with van der Waals surface area (Å²) < 4.78 is 68.7. The van der Waals surface area contributed by atoms with Gasteiger partial charge in [0.05, 0.1) is 16.3 Å². The van der Waals surface area contributed by atoms with E-state index >= 15 is 0 Å². The molecule has 1 N–H and O–H groups in total. The molecule has 0 aliphatic carbocycles. The highest BCUT2D eigenvalue weighted by Crippen LogP contribution is 2.33. The first-order chi connectivity index (χ1) is 13.8. The lowest BCUT2D eigenvalue weighted by atomic mass is 10.1. The Morgan fingerprint density at radius 1 is 0.967 bits per heavy atom. The van der Waals surface area contributed by atoms with Gasteiger partial charge in [0.25, 0.3) is 0 Å². The largest absolute Gasteiger partial charge is 0.435 e. The van der Waals surface area contributed by atoms with E-state index in [0.717, 1.165) is 11.6 Å². The lowest BCUT2D eigenvalue weighted by Crippen LogP contribution is -2.45. The van der Waals surface area contributed by atoms with Crippen LogP contribution in [0, 0.1) is 6.92 Å². The van der Waals surface area contributed by atoms with Gasteiger partial charge in [0.1, 0.15) is 8.24 Å². The minimum atomic E-state index is -4.60. The van der Waals surface area contributed by atoms with Crippen LogP contribution in [-0.4, -0.2) is 26.4 Å². The maximum Gasteiger partial charge on any atom is 0.435 e. The van der Waals surface area contributed by atoms with E-state index in [1.165, 1.54) is 28.9 Å². The first-order valence-corrected chi connectivity index (χ1v) is 14.1. The van der Waals surface area contributed by atoms with E-state index in [1.54, 1.807) is 24.3 Å². The topological polar surface area (TPSA) is 64.0 Å². The van der Waals surface area contributed by atoms with Crippen molar-refractivity contribution in [2.75, 3.05) is 0 Å². The van der Waals surface area contributed by atoms with E-state index in [0.29, 0.717) is 11.3 Å². The predicted molar refractivity (Wildman–Crippen MR) is 112 cm³/mol. The summed E-state index contributed by atoms with van der Waals surface area (Å²) in [5.74, 6) is 0. The fraction of sp³-hybridized carbons (Fsp3) is 0.250. The number of halogens is 3. The second-order valence-electron chi connectivity index (χ2n) is 8.04. The van der Waals surface area contributed by atoms with E-state index in [9.17, 15) is 21.6 Å². The zero-order valence-electron chi connectivity index (χ0n) is 16.9. The number of alkyl halides is 3. The van der Waals surface area contributed by atoms with Gasteiger partial charge in [-0.25, -0.2) is 17.5 Å². The molecule has 0 unspecified atom stereocenters. The maximum atomic E-state index is 13.3. The number of nitrogens with zero attached hydrogens (tertiary/aromatic N) is 2. The van der Waals surface area contributed by atoms with Crippen LogP contribution in [0.25, 0.3) is 16.9 Å². The lowest BCUT2D eigenvalue weighted by Gasteiger charge is -2.18. The van der Waals surface area contributed by atoms with Crippen molar-refractivity contribution >= 4 is 18.3 Å². The molecule has 0 amide bonds. The maximum absolute atomic E-state index is 13.3. The van der Waals surface area contributed by atoms with Crippen molar-refractivity contribution in [3.8, 4) is 16.9 Å². The Kier molecular flexibility index (Phi) is 5.69. The lowest BCUT2D eigenvalue weighted by molar-refractivity contribution is -0.141. The summed E-state index contributed by atoms with van der Waals surface area (Å²) >= 11 is 0. The first kappa shape index (κ1) is 22.3. The first-order valence-electron chi connectivity index (χ1n) is 9.15. The molecule has 3 aromatic rings. The van der Waals surface area contributed by atoms with Gasteiger partial charge in [-0.05, 0) is 37.3 Å². The monoisotopic (exact) mass is 453 g/mol. The van der Waals surface area contributed by atoms with E-state index in [4.69, 9.17) is 0 Å². The van der Waals surface area contributed by atoms with E-state index < -0.39 is 30.1 Å². The number of hydrogen-bond acceptors (Lipinski definition) is 3. The Morgan fingerprint density at radius 3 is 2.03 bits per heavy atom. The average Bonchev–Trinajstić information content (AvgIpc) is 3.06. The van der Waals surface area contributed by atoms with Gasteiger partial charge in [-0.3, -0.25) is 0 Å². The molecule has 10 heteroatoms. The number of nitrogens with one attached hydrogen (secondary N) is 1. The van der Waals surface area contributed by atoms with Gasteiger partial charge in [0.2, 0.25) is 10.0 Å². The van der Waals surface area contributed by atoms with Gasteiger partial charge in [-0.15, -0.1) is 0 Å². The number of benzene rings is 2. The smallest absolute Gasteiger partial charge is 0.234 e. The summed E-state index contributed by atoms with van der Waals surface area (Å²) in [7, 11) is -5.81. The van der Waals surface area contributed by atoms with Gasteiger partial charge in [-0.2, -0.15) is 18.3 Å². The molecular formula is C20H22F3N3O2SSi. The van der Waals surface area contributed by atoms with Gasteiger partial charge < -0.3 is 0 Å². The van der Waals surface area contributed by atoms with Crippen molar-refractivity contribution in [1.82, 2.24) is 14.2 Å². The Labute approximate surface area is 174 Å².